The second-order valence-corrected chi connectivity index (χ2v) is 7.68. The van der Waals surface area contributed by atoms with E-state index in [1.54, 1.807) is 0 Å². The van der Waals surface area contributed by atoms with Gasteiger partial charge in [0.05, 0.1) is 27.4 Å². The molecule has 2 aromatic carbocycles. The van der Waals surface area contributed by atoms with Crippen molar-refractivity contribution in [3.05, 3.63) is 93.9 Å². The van der Waals surface area contributed by atoms with E-state index in [-0.39, 0.29) is 26.9 Å². The van der Waals surface area contributed by atoms with E-state index in [0.717, 1.165) is 0 Å². The van der Waals surface area contributed by atoms with Crippen LogP contribution in [0.1, 0.15) is 31.3 Å². The van der Waals surface area contributed by atoms with Crippen molar-refractivity contribution < 1.29 is 43.0 Å². The monoisotopic (exact) mass is 534 g/mol. The molecule has 186 valence electrons. The molecule has 13 heteroatoms. The minimum absolute atomic E-state index is 0.0484. The molecule has 0 fully saturated rings. The van der Waals surface area contributed by atoms with Gasteiger partial charge in [-0.25, -0.2) is 14.4 Å². The molecule has 0 spiro atoms. The van der Waals surface area contributed by atoms with Gasteiger partial charge < -0.3 is 19.0 Å². The van der Waals surface area contributed by atoms with Gasteiger partial charge in [0.1, 0.15) is 0 Å². The highest BCUT2D eigenvalue weighted by Gasteiger charge is 2.41. The number of hydrogen-bond donors (Lipinski definition) is 3. The highest BCUT2D eigenvalue weighted by Crippen LogP contribution is 2.20. The summed E-state index contributed by atoms with van der Waals surface area (Å²) in [4.78, 5) is 62.2. The van der Waals surface area contributed by atoms with Crippen molar-refractivity contribution in [2.75, 3.05) is 0 Å². The zero-order valence-electron chi connectivity index (χ0n) is 18.0. The van der Waals surface area contributed by atoms with E-state index in [2.05, 4.69) is 0 Å². The number of carboxylic acid groups (broad SMARTS) is 1. The Morgan fingerprint density at radius 3 is 1.75 bits per heavy atom. The van der Waals surface area contributed by atoms with Gasteiger partial charge in [0.2, 0.25) is 12.2 Å². The maximum Gasteiger partial charge on any atom is 0.349 e. The number of esters is 2. The Balaban J connectivity index is 1.87. The van der Waals surface area contributed by atoms with Crippen LogP contribution in [0.2, 0.25) is 10.0 Å². The third-order valence-corrected chi connectivity index (χ3v) is 5.14. The van der Waals surface area contributed by atoms with Crippen LogP contribution >= 0.6 is 23.2 Å². The number of amides is 2. The molecule has 36 heavy (non-hydrogen) atoms. The number of carbonyl (C=O) groups is 5. The van der Waals surface area contributed by atoms with E-state index in [9.17, 15) is 29.1 Å². The van der Waals surface area contributed by atoms with Crippen molar-refractivity contribution in [1.29, 1.82) is 0 Å². The van der Waals surface area contributed by atoms with Crippen molar-refractivity contribution in [2.45, 2.75) is 12.2 Å². The molecule has 0 aliphatic carbocycles. The first-order valence-electron chi connectivity index (χ1n) is 9.96. The maximum absolute atomic E-state index is 12.9. The number of hydrogen-bond acceptors (Lipinski definition) is 8. The van der Waals surface area contributed by atoms with Gasteiger partial charge >= 0.3 is 23.8 Å². The average Bonchev–Trinajstić information content (AvgIpc) is 3.40. The first kappa shape index (κ1) is 26.3. The summed E-state index contributed by atoms with van der Waals surface area (Å²) >= 11 is 11.9. The molecule has 0 saturated carbocycles. The number of benzene rings is 2. The summed E-state index contributed by atoms with van der Waals surface area (Å²) < 4.78 is 15.0. The molecule has 2 amide bonds. The van der Waals surface area contributed by atoms with Crippen LogP contribution in [0.3, 0.4) is 0 Å². The zero-order chi connectivity index (χ0) is 26.2. The predicted octanol–water partition coefficient (Wildman–Crippen LogP) is 2.88. The van der Waals surface area contributed by atoms with Crippen LogP contribution in [0.25, 0.3) is 0 Å². The summed E-state index contributed by atoms with van der Waals surface area (Å²) in [7, 11) is 0. The molecule has 2 atom stereocenters. The van der Waals surface area contributed by atoms with Crippen molar-refractivity contribution in [3.8, 4) is 0 Å². The fourth-order valence-electron chi connectivity index (χ4n) is 2.76. The number of aliphatic carboxylic acids is 1. The minimum Gasteiger partial charge on any atom is -0.478 e. The molecule has 0 bridgehead atoms. The smallest absolute Gasteiger partial charge is 0.349 e. The van der Waals surface area contributed by atoms with Crippen molar-refractivity contribution in [2.24, 2.45) is 0 Å². The van der Waals surface area contributed by atoms with E-state index in [1.807, 2.05) is 10.9 Å². The van der Waals surface area contributed by atoms with Gasteiger partial charge in [0, 0.05) is 0 Å². The fraction of sp³-hybridized carbons (Fsp3) is 0.0870. The Kier molecular flexibility index (Phi) is 8.66. The molecule has 3 rings (SSSR count). The standard InChI is InChI=1S/C23H16Cl2N2O9/c24-14-8-3-1-6-12(14)22(32)35-17(20(29)27-26-19(28)16-10-5-11-34-16)18(21(30)31)36-23(33)13-7-2-4-9-15(13)25/h1-11,17-18H,(H,26,28)(H,27,29)(H,30,31)/t17-,18+/m1/s1. The van der Waals surface area contributed by atoms with E-state index < -0.39 is 41.9 Å². The first-order chi connectivity index (χ1) is 17.2. The molecule has 0 radical (unpaired) electrons. The van der Waals surface area contributed by atoms with Gasteiger partial charge in [-0.3, -0.25) is 20.4 Å². The third kappa shape index (κ3) is 6.40. The van der Waals surface area contributed by atoms with E-state index in [0.29, 0.717) is 0 Å². The van der Waals surface area contributed by atoms with Crippen LogP contribution < -0.4 is 10.9 Å². The summed E-state index contributed by atoms with van der Waals surface area (Å²) in [6.45, 7) is 0. The number of carbonyl (C=O) groups excluding carboxylic acids is 4. The average molecular weight is 535 g/mol. The second-order valence-electron chi connectivity index (χ2n) is 6.87. The van der Waals surface area contributed by atoms with E-state index in [4.69, 9.17) is 37.1 Å². The van der Waals surface area contributed by atoms with Crippen molar-refractivity contribution >= 4 is 52.9 Å². The van der Waals surface area contributed by atoms with Crippen molar-refractivity contribution in [1.82, 2.24) is 10.9 Å². The number of carboxylic acids is 1. The van der Waals surface area contributed by atoms with E-state index in [1.165, 1.54) is 66.9 Å². The number of hydrazine groups is 1. The number of halogens is 2. The van der Waals surface area contributed by atoms with Gasteiger partial charge in [-0.05, 0) is 36.4 Å². The highest BCUT2D eigenvalue weighted by molar-refractivity contribution is 6.34. The van der Waals surface area contributed by atoms with E-state index >= 15 is 0 Å². The molecule has 3 N–H and O–H groups in total. The maximum atomic E-state index is 12.9. The lowest BCUT2D eigenvalue weighted by Gasteiger charge is -2.23. The molecular weight excluding hydrogens is 519 g/mol. The van der Waals surface area contributed by atoms with Gasteiger partial charge in [0.25, 0.3) is 5.91 Å². The fourth-order valence-corrected chi connectivity index (χ4v) is 3.19. The molecule has 0 unspecified atom stereocenters. The highest BCUT2D eigenvalue weighted by atomic mass is 35.5. The van der Waals surface area contributed by atoms with Gasteiger partial charge in [-0.2, -0.15) is 0 Å². The summed E-state index contributed by atoms with van der Waals surface area (Å²) in [6.07, 6.45) is -3.41. The molecule has 1 aromatic heterocycles. The number of furan rings is 1. The van der Waals surface area contributed by atoms with Crippen LogP contribution in [0.15, 0.2) is 71.3 Å². The van der Waals surface area contributed by atoms with Gasteiger partial charge in [0.15, 0.2) is 5.76 Å². The number of rotatable bonds is 8. The quantitative estimate of drug-likeness (QED) is 0.291. The lowest BCUT2D eigenvalue weighted by molar-refractivity contribution is -0.159. The van der Waals surface area contributed by atoms with Crippen LogP contribution in [0.4, 0.5) is 0 Å². The lowest BCUT2D eigenvalue weighted by atomic mass is 10.1. The number of nitrogens with one attached hydrogen (secondary N) is 2. The van der Waals surface area contributed by atoms with Crippen LogP contribution in [0.5, 0.6) is 0 Å². The predicted molar refractivity (Wildman–Crippen MR) is 123 cm³/mol. The molecule has 0 aliphatic rings. The van der Waals surface area contributed by atoms with Crippen molar-refractivity contribution in [3.63, 3.8) is 0 Å². The summed E-state index contributed by atoms with van der Waals surface area (Å²) in [5.41, 5.74) is 3.49. The minimum atomic E-state index is -2.35. The summed E-state index contributed by atoms with van der Waals surface area (Å²) in [5.74, 6) is -6.66. The molecule has 3 aromatic rings. The van der Waals surface area contributed by atoms with Crippen LogP contribution in [0, 0.1) is 0 Å². The Morgan fingerprint density at radius 2 is 1.28 bits per heavy atom. The Labute approximate surface area is 212 Å². The lowest BCUT2D eigenvalue weighted by Crippen LogP contribution is -2.54. The molecular formula is C23H16Cl2N2O9. The summed E-state index contributed by atoms with van der Waals surface area (Å²) in [5, 5.41) is 9.62. The summed E-state index contributed by atoms with van der Waals surface area (Å²) in [6, 6.07) is 13.9. The number of ether oxygens (including phenoxy) is 2. The second kappa shape index (κ2) is 11.9. The third-order valence-electron chi connectivity index (χ3n) is 4.48. The molecule has 11 nitrogen and oxygen atoms in total. The van der Waals surface area contributed by atoms with Crippen LogP contribution in [-0.2, 0) is 19.1 Å². The Bertz CT molecular complexity index is 1290. The topological polar surface area (TPSA) is 161 Å². The molecule has 0 aliphatic heterocycles. The molecule has 0 saturated heterocycles. The van der Waals surface area contributed by atoms with Gasteiger partial charge in [-0.1, -0.05) is 47.5 Å². The Morgan fingerprint density at radius 1 is 0.750 bits per heavy atom. The largest absolute Gasteiger partial charge is 0.478 e. The Hall–Kier alpha value is -4.35. The van der Waals surface area contributed by atoms with Gasteiger partial charge in [-0.15, -0.1) is 0 Å². The zero-order valence-corrected chi connectivity index (χ0v) is 19.5. The first-order valence-corrected chi connectivity index (χ1v) is 10.7. The normalized spacial score (nSPS) is 12.1. The SMILES string of the molecule is O=C(NNC(=O)[C@H](OC(=O)c1ccccc1Cl)[C@H](OC(=O)c1ccccc1Cl)C(=O)O)c1ccco1. The molecule has 1 heterocycles. The van der Waals surface area contributed by atoms with Crippen LogP contribution in [-0.4, -0.2) is 47.0 Å².